The lowest BCUT2D eigenvalue weighted by Gasteiger charge is -2.13. The molecule has 6 nitrogen and oxygen atoms in total. The minimum absolute atomic E-state index is 0.158. The molecule has 0 atom stereocenters. The molecule has 4 aromatic rings. The van der Waals surface area contributed by atoms with Gasteiger partial charge in [0.25, 0.3) is 17.5 Å². The molecule has 0 unspecified atom stereocenters. The molecule has 0 bridgehead atoms. The van der Waals surface area contributed by atoms with E-state index in [1.807, 2.05) is 91.0 Å². The lowest BCUT2D eigenvalue weighted by atomic mass is 10.3. The van der Waals surface area contributed by atoms with Gasteiger partial charge in [-0.1, -0.05) is 64.8 Å². The third-order valence-corrected chi connectivity index (χ3v) is 3.54. The second-order valence-corrected chi connectivity index (χ2v) is 5.47. The maximum absolute atomic E-state index is 5.97. The molecule has 132 valence electrons. The van der Waals surface area contributed by atoms with Crippen molar-refractivity contribution in [2.24, 2.45) is 0 Å². The molecule has 0 amide bonds. The van der Waals surface area contributed by atoms with Crippen LogP contribution in [0.4, 0.5) is 0 Å². The molecule has 4 rings (SSSR count). The predicted molar refractivity (Wildman–Crippen MR) is 99.4 cm³/mol. The van der Waals surface area contributed by atoms with E-state index >= 15 is 0 Å². The zero-order valence-electron chi connectivity index (χ0n) is 14.2. The van der Waals surface area contributed by atoms with Crippen LogP contribution in [0.3, 0.4) is 0 Å². The minimum atomic E-state index is 0.158. The Bertz CT molecular complexity index is 937. The van der Waals surface area contributed by atoms with Gasteiger partial charge in [0.05, 0.1) is 0 Å². The van der Waals surface area contributed by atoms with E-state index in [4.69, 9.17) is 14.2 Å². The highest BCUT2D eigenvalue weighted by molar-refractivity contribution is 5.47. The molecule has 6 heteroatoms. The van der Waals surface area contributed by atoms with E-state index in [1.54, 1.807) is 0 Å². The van der Waals surface area contributed by atoms with Crippen LogP contribution in [0.5, 0.6) is 34.8 Å². The minimum Gasteiger partial charge on any atom is -0.446 e. The molecule has 0 radical (unpaired) electrons. The van der Waals surface area contributed by atoms with E-state index in [0.717, 1.165) is 0 Å². The molecule has 0 aliphatic rings. The molecule has 1 aromatic heterocycles. The van der Waals surface area contributed by atoms with Gasteiger partial charge in [-0.05, 0) is 41.6 Å². The van der Waals surface area contributed by atoms with Gasteiger partial charge >= 0.3 is 0 Å². The summed E-state index contributed by atoms with van der Waals surface area (Å²) in [6.45, 7) is 0. The van der Waals surface area contributed by atoms with Gasteiger partial charge in [0.1, 0.15) is 17.2 Å². The van der Waals surface area contributed by atoms with Crippen molar-refractivity contribution in [2.45, 2.75) is 0 Å². The van der Waals surface area contributed by atoms with Crippen molar-refractivity contribution in [1.29, 1.82) is 0 Å². The lowest BCUT2D eigenvalue weighted by molar-refractivity contribution is 0.354. The van der Waals surface area contributed by atoms with Gasteiger partial charge in [-0.3, -0.25) is 0 Å². The molecule has 0 spiro atoms. The van der Waals surface area contributed by atoms with Gasteiger partial charge in [0.15, 0.2) is 0 Å². The van der Waals surface area contributed by atoms with Crippen LogP contribution < -0.4 is 14.2 Å². The highest BCUT2D eigenvalue weighted by atomic mass is 16.6. The summed E-state index contributed by atoms with van der Waals surface area (Å²) in [6.07, 6.45) is 0. The number of hydrogen-bond acceptors (Lipinski definition) is 6. The quantitative estimate of drug-likeness (QED) is 0.470. The van der Waals surface area contributed by atoms with E-state index in [-0.39, 0.29) is 17.5 Å². The van der Waals surface area contributed by atoms with Crippen LogP contribution in [0, 0.1) is 0 Å². The number of hydrogen-bond donors (Lipinski definition) is 0. The standard InChI is InChI=1S/C21H15N3O3/c1-4-10-16(11-5-1)25-19-20(26-17-12-6-2-7-13-17)22-24-23-21(19)27-18-14-8-3-9-15-18/h1-15H. The third kappa shape index (κ3) is 4.19. The second-order valence-electron chi connectivity index (χ2n) is 5.47. The van der Waals surface area contributed by atoms with Crippen LogP contribution in [0.25, 0.3) is 0 Å². The number of para-hydroxylation sites is 3. The van der Waals surface area contributed by atoms with Crippen LogP contribution in [-0.2, 0) is 0 Å². The molecule has 1 heterocycles. The Kier molecular flexibility index (Phi) is 4.88. The summed E-state index contributed by atoms with van der Waals surface area (Å²) >= 11 is 0. The van der Waals surface area contributed by atoms with Crippen LogP contribution in [0.2, 0.25) is 0 Å². The number of rotatable bonds is 6. The van der Waals surface area contributed by atoms with E-state index in [0.29, 0.717) is 17.2 Å². The second kappa shape index (κ2) is 7.97. The fourth-order valence-electron chi connectivity index (χ4n) is 2.31. The summed E-state index contributed by atoms with van der Waals surface area (Å²) in [5, 5.41) is 11.7. The Morgan fingerprint density at radius 1 is 0.444 bits per heavy atom. The summed E-state index contributed by atoms with van der Waals surface area (Å²) in [5.74, 6) is 2.35. The topological polar surface area (TPSA) is 66.4 Å². The highest BCUT2D eigenvalue weighted by Crippen LogP contribution is 2.40. The van der Waals surface area contributed by atoms with Gasteiger partial charge < -0.3 is 14.2 Å². The number of aromatic nitrogens is 3. The maximum atomic E-state index is 5.97. The first-order valence-electron chi connectivity index (χ1n) is 8.30. The molecule has 0 aliphatic heterocycles. The van der Waals surface area contributed by atoms with Crippen molar-refractivity contribution < 1.29 is 14.2 Å². The SMILES string of the molecule is c1ccc(Oc2nnnc(Oc3ccccc3)c2Oc2ccccc2)cc1. The van der Waals surface area contributed by atoms with Gasteiger partial charge in [0, 0.05) is 0 Å². The van der Waals surface area contributed by atoms with Gasteiger partial charge in [-0.2, -0.15) is 0 Å². The van der Waals surface area contributed by atoms with Crippen LogP contribution in [-0.4, -0.2) is 15.4 Å². The van der Waals surface area contributed by atoms with Crippen molar-refractivity contribution in [2.75, 3.05) is 0 Å². The average Bonchev–Trinajstić information content (AvgIpc) is 2.73. The average molecular weight is 357 g/mol. The number of ether oxygens (including phenoxy) is 3. The first kappa shape index (κ1) is 16.5. The van der Waals surface area contributed by atoms with Crippen molar-refractivity contribution in [3.8, 4) is 34.8 Å². The molecule has 0 saturated carbocycles. The molecule has 0 fully saturated rings. The van der Waals surface area contributed by atoms with Crippen molar-refractivity contribution in [3.63, 3.8) is 0 Å². The molecule has 27 heavy (non-hydrogen) atoms. The largest absolute Gasteiger partial charge is 0.446 e. The third-order valence-electron chi connectivity index (χ3n) is 3.54. The lowest BCUT2D eigenvalue weighted by Crippen LogP contribution is -2.01. The summed E-state index contributed by atoms with van der Waals surface area (Å²) in [7, 11) is 0. The van der Waals surface area contributed by atoms with E-state index in [2.05, 4.69) is 15.4 Å². The van der Waals surface area contributed by atoms with E-state index < -0.39 is 0 Å². The van der Waals surface area contributed by atoms with Gasteiger partial charge in [0.2, 0.25) is 0 Å². The summed E-state index contributed by atoms with van der Waals surface area (Å²) in [6, 6.07) is 27.8. The zero-order chi connectivity index (χ0) is 18.3. The van der Waals surface area contributed by atoms with Crippen LogP contribution >= 0.6 is 0 Å². The number of benzene rings is 3. The van der Waals surface area contributed by atoms with Crippen molar-refractivity contribution >= 4 is 0 Å². The zero-order valence-corrected chi connectivity index (χ0v) is 14.2. The fraction of sp³-hybridized carbons (Fsp3) is 0. The predicted octanol–water partition coefficient (Wildman–Crippen LogP) is 5.25. The summed E-state index contributed by atoms with van der Waals surface area (Å²) in [4.78, 5) is 0. The molecule has 3 aromatic carbocycles. The fourth-order valence-corrected chi connectivity index (χ4v) is 2.31. The van der Waals surface area contributed by atoms with E-state index in [9.17, 15) is 0 Å². The maximum Gasteiger partial charge on any atom is 0.290 e. The Labute approximate surface area is 156 Å². The molecular weight excluding hydrogens is 342 g/mol. The van der Waals surface area contributed by atoms with Crippen LogP contribution in [0.15, 0.2) is 91.0 Å². The van der Waals surface area contributed by atoms with Crippen LogP contribution in [0.1, 0.15) is 0 Å². The number of nitrogens with zero attached hydrogens (tertiary/aromatic N) is 3. The van der Waals surface area contributed by atoms with E-state index in [1.165, 1.54) is 0 Å². The molecule has 0 aliphatic carbocycles. The molecule has 0 N–H and O–H groups in total. The smallest absolute Gasteiger partial charge is 0.290 e. The Hall–Kier alpha value is -3.93. The Morgan fingerprint density at radius 3 is 1.22 bits per heavy atom. The van der Waals surface area contributed by atoms with Crippen molar-refractivity contribution in [3.05, 3.63) is 91.0 Å². The molecule has 0 saturated heterocycles. The first-order chi connectivity index (χ1) is 13.4. The Balaban J connectivity index is 1.72. The Morgan fingerprint density at radius 2 is 0.815 bits per heavy atom. The van der Waals surface area contributed by atoms with Gasteiger partial charge in [-0.25, -0.2) is 0 Å². The van der Waals surface area contributed by atoms with Crippen molar-refractivity contribution in [1.82, 2.24) is 15.4 Å². The normalized spacial score (nSPS) is 10.2. The van der Waals surface area contributed by atoms with Gasteiger partial charge in [-0.15, -0.1) is 0 Å². The summed E-state index contributed by atoms with van der Waals surface area (Å²) < 4.78 is 17.7. The highest BCUT2D eigenvalue weighted by Gasteiger charge is 2.20. The first-order valence-corrected chi connectivity index (χ1v) is 8.30. The monoisotopic (exact) mass is 357 g/mol. The molecular formula is C21H15N3O3. The summed E-state index contributed by atoms with van der Waals surface area (Å²) in [5.41, 5.74) is 0.